The lowest BCUT2D eigenvalue weighted by molar-refractivity contribution is -0.949. The molecule has 0 saturated heterocycles. The van der Waals surface area contributed by atoms with Gasteiger partial charge in [0.1, 0.15) is 11.5 Å². The minimum atomic E-state index is 0. The Kier molecular flexibility index (Phi) is 17.5. The summed E-state index contributed by atoms with van der Waals surface area (Å²) in [5, 5.41) is 20.9. The summed E-state index contributed by atoms with van der Waals surface area (Å²) in [5.74, 6) is 1.24. The van der Waals surface area contributed by atoms with Gasteiger partial charge < -0.3 is 38.7 Å². The van der Waals surface area contributed by atoms with Gasteiger partial charge in [-0.05, 0) is 105 Å². The van der Waals surface area contributed by atoms with Crippen LogP contribution in [0.1, 0.15) is 113 Å². The highest BCUT2D eigenvalue weighted by Crippen LogP contribution is 2.37. The van der Waals surface area contributed by atoms with Crippen LogP contribution >= 0.6 is 0 Å². The van der Waals surface area contributed by atoms with Gasteiger partial charge >= 0.3 is 0 Å². The van der Waals surface area contributed by atoms with Crippen LogP contribution in [0.5, 0.6) is 11.5 Å². The molecule has 0 aliphatic heterocycles. The number of aryl methyl sites for hydroxylation is 2. The van der Waals surface area contributed by atoms with Crippen LogP contribution in [0.15, 0.2) is 97.1 Å². The van der Waals surface area contributed by atoms with E-state index in [0.29, 0.717) is 35.7 Å². The molecule has 0 fully saturated rings. The van der Waals surface area contributed by atoms with E-state index in [1.807, 2.05) is 30.3 Å². The Morgan fingerprint density at radius 2 is 0.940 bits per heavy atom. The standard InChI is InChI=1S/C23H33NO.C22H31NO.HI/c1-17(2)24(6,18(3)4)15-14-21(20-10-8-7-9-11-20)22-16-19(5)12-13-23(22)25;1-16(2)23(17(3)4)14-13-20(19-9-7-6-8-10-19)21-15-18(5)11-12-22(21)24;/h7-13,16-18,21H,14-15H2,1-6H3;6-12,15-17,20,24H,13-14H2,1-5H3;1H/t21-;20-;/m11./s1. The van der Waals surface area contributed by atoms with Gasteiger partial charge in [-0.1, -0.05) is 96.1 Å². The average Bonchev–Trinajstić information content (AvgIpc) is 3.06. The first-order chi connectivity index (χ1) is 23.1. The van der Waals surface area contributed by atoms with Gasteiger partial charge in [-0.15, -0.1) is 0 Å². The number of rotatable bonds is 14. The first kappa shape index (κ1) is 43.3. The van der Waals surface area contributed by atoms with Crippen molar-refractivity contribution >= 4 is 0 Å². The van der Waals surface area contributed by atoms with Gasteiger partial charge in [0.05, 0.1) is 25.7 Å². The molecule has 0 aromatic heterocycles. The van der Waals surface area contributed by atoms with Crippen LogP contribution in [0.3, 0.4) is 0 Å². The predicted octanol–water partition coefficient (Wildman–Crippen LogP) is 7.83. The van der Waals surface area contributed by atoms with E-state index in [-0.39, 0.29) is 35.8 Å². The van der Waals surface area contributed by atoms with Crippen molar-refractivity contribution in [2.45, 2.75) is 118 Å². The Hall–Kier alpha value is -2.87. The molecular formula is C45H65IN2O2. The Labute approximate surface area is 322 Å². The fourth-order valence-corrected chi connectivity index (χ4v) is 7.19. The molecule has 0 spiro atoms. The van der Waals surface area contributed by atoms with Crippen molar-refractivity contribution in [1.29, 1.82) is 0 Å². The minimum absolute atomic E-state index is 0. The van der Waals surface area contributed by atoms with Crippen molar-refractivity contribution in [1.82, 2.24) is 4.90 Å². The van der Waals surface area contributed by atoms with Crippen LogP contribution in [-0.4, -0.2) is 63.9 Å². The third-order valence-electron chi connectivity index (χ3n) is 10.8. The zero-order valence-electron chi connectivity index (χ0n) is 32.7. The van der Waals surface area contributed by atoms with Crippen LogP contribution in [0.4, 0.5) is 0 Å². The van der Waals surface area contributed by atoms with Crippen molar-refractivity contribution in [2.24, 2.45) is 0 Å². The number of phenols is 2. The predicted molar refractivity (Wildman–Crippen MR) is 210 cm³/mol. The third-order valence-corrected chi connectivity index (χ3v) is 10.8. The van der Waals surface area contributed by atoms with Crippen LogP contribution in [0.2, 0.25) is 0 Å². The first-order valence-corrected chi connectivity index (χ1v) is 18.4. The molecule has 4 aromatic carbocycles. The summed E-state index contributed by atoms with van der Waals surface area (Å²) < 4.78 is 1.04. The van der Waals surface area contributed by atoms with Crippen LogP contribution in [0, 0.1) is 13.8 Å². The lowest BCUT2D eigenvalue weighted by Gasteiger charge is -2.43. The molecule has 274 valence electrons. The van der Waals surface area contributed by atoms with E-state index in [4.69, 9.17) is 0 Å². The summed E-state index contributed by atoms with van der Waals surface area (Å²) in [5.41, 5.74) is 7.01. The van der Waals surface area contributed by atoms with Gasteiger partial charge in [-0.25, -0.2) is 0 Å². The van der Waals surface area contributed by atoms with E-state index < -0.39 is 0 Å². The molecule has 2 N–H and O–H groups in total. The number of hydrogen-bond donors (Lipinski definition) is 2. The number of nitrogens with zero attached hydrogens (tertiary/aromatic N) is 2. The minimum Gasteiger partial charge on any atom is -1.00 e. The molecule has 0 saturated carbocycles. The van der Waals surface area contributed by atoms with Gasteiger partial charge in [0.15, 0.2) is 0 Å². The highest BCUT2D eigenvalue weighted by molar-refractivity contribution is 5.44. The number of phenolic OH excluding ortho intramolecular Hbond substituents is 2. The molecule has 4 nitrogen and oxygen atoms in total. The fourth-order valence-electron chi connectivity index (χ4n) is 7.19. The number of benzene rings is 4. The molecule has 0 unspecified atom stereocenters. The SMILES string of the molecule is Cc1ccc(O)c([C@H](CCN(C(C)C)C(C)C)c2ccccc2)c1.Cc1ccc(O)c([C@H](CC[N+](C)(C(C)C)C(C)C)c2ccccc2)c1.[I-]. The van der Waals surface area contributed by atoms with Crippen LogP contribution < -0.4 is 24.0 Å². The van der Waals surface area contributed by atoms with Crippen molar-refractivity contribution in [3.8, 4) is 11.5 Å². The second-order valence-corrected chi connectivity index (χ2v) is 15.3. The molecule has 50 heavy (non-hydrogen) atoms. The quantitative estimate of drug-likeness (QED) is 0.101. The van der Waals surface area contributed by atoms with Gasteiger partial charge in [-0.3, -0.25) is 4.90 Å². The highest BCUT2D eigenvalue weighted by Gasteiger charge is 2.31. The molecule has 0 aliphatic carbocycles. The summed E-state index contributed by atoms with van der Waals surface area (Å²) in [6.45, 7) is 24.5. The molecule has 4 rings (SSSR count). The monoisotopic (exact) mass is 792 g/mol. The lowest BCUT2D eigenvalue weighted by atomic mass is 9.86. The molecule has 0 aliphatic rings. The third kappa shape index (κ3) is 11.8. The molecular weight excluding hydrogens is 727 g/mol. The Morgan fingerprint density at radius 3 is 1.30 bits per heavy atom. The van der Waals surface area contributed by atoms with Gasteiger partial charge in [0, 0.05) is 41.5 Å². The largest absolute Gasteiger partial charge is 1.00 e. The number of halogens is 1. The van der Waals surface area contributed by atoms with Crippen molar-refractivity contribution < 1.29 is 38.7 Å². The summed E-state index contributed by atoms with van der Waals surface area (Å²) in [7, 11) is 2.35. The highest BCUT2D eigenvalue weighted by atomic mass is 127. The summed E-state index contributed by atoms with van der Waals surface area (Å²) in [6, 6.07) is 35.2. The molecule has 4 aromatic rings. The summed E-state index contributed by atoms with van der Waals surface area (Å²) in [6.07, 6.45) is 2.02. The normalized spacial score (nSPS) is 13.0. The number of hydrogen-bond acceptors (Lipinski definition) is 3. The van der Waals surface area contributed by atoms with Crippen molar-refractivity contribution in [3.63, 3.8) is 0 Å². The lowest BCUT2D eigenvalue weighted by Crippen LogP contribution is -3.00. The molecule has 0 amide bonds. The van der Waals surface area contributed by atoms with Crippen molar-refractivity contribution in [2.75, 3.05) is 20.1 Å². The molecule has 0 bridgehead atoms. The fraction of sp³-hybridized carbons (Fsp3) is 0.467. The zero-order valence-corrected chi connectivity index (χ0v) is 34.9. The topological polar surface area (TPSA) is 43.7 Å². The van der Waals surface area contributed by atoms with E-state index in [1.165, 1.54) is 22.3 Å². The van der Waals surface area contributed by atoms with E-state index in [1.54, 1.807) is 0 Å². The second kappa shape index (κ2) is 20.2. The Bertz CT molecular complexity index is 1540. The van der Waals surface area contributed by atoms with Gasteiger partial charge in [0.25, 0.3) is 0 Å². The average molecular weight is 793 g/mol. The van der Waals surface area contributed by atoms with Crippen molar-refractivity contribution in [3.05, 3.63) is 130 Å². The first-order valence-electron chi connectivity index (χ1n) is 18.4. The zero-order chi connectivity index (χ0) is 36.3. The molecule has 5 heteroatoms. The van der Waals surface area contributed by atoms with Crippen LogP contribution in [0.25, 0.3) is 0 Å². The molecule has 0 heterocycles. The maximum atomic E-state index is 10.5. The maximum Gasteiger partial charge on any atom is 0.119 e. The van der Waals surface area contributed by atoms with E-state index in [2.05, 4.69) is 148 Å². The molecule has 0 radical (unpaired) electrons. The summed E-state index contributed by atoms with van der Waals surface area (Å²) >= 11 is 0. The molecule has 2 atom stereocenters. The Morgan fingerprint density at radius 1 is 0.560 bits per heavy atom. The van der Waals surface area contributed by atoms with E-state index >= 15 is 0 Å². The number of aromatic hydroxyl groups is 2. The number of quaternary nitrogens is 1. The smallest absolute Gasteiger partial charge is 0.119 e. The van der Waals surface area contributed by atoms with Gasteiger partial charge in [-0.2, -0.15) is 0 Å². The van der Waals surface area contributed by atoms with E-state index in [0.717, 1.165) is 41.5 Å². The Balaban J connectivity index is 0.000000340. The van der Waals surface area contributed by atoms with Crippen LogP contribution in [-0.2, 0) is 0 Å². The van der Waals surface area contributed by atoms with E-state index in [9.17, 15) is 10.2 Å². The maximum absolute atomic E-state index is 10.5. The second-order valence-electron chi connectivity index (χ2n) is 15.3. The summed E-state index contributed by atoms with van der Waals surface area (Å²) in [4.78, 5) is 2.52. The van der Waals surface area contributed by atoms with Gasteiger partial charge in [0.2, 0.25) is 0 Å².